The molecule has 3 nitrogen and oxygen atoms in total. The van der Waals surface area contributed by atoms with Crippen LogP contribution in [0, 0.1) is 5.41 Å². The topological polar surface area (TPSA) is 52.3 Å². The van der Waals surface area contributed by atoms with Gasteiger partial charge in [-0.05, 0) is 0 Å². The molecular weight excluding hydrogens is 257 g/mol. The minimum atomic E-state index is -0.353. The Labute approximate surface area is 78.3 Å². The summed E-state index contributed by atoms with van der Waals surface area (Å²) in [4.78, 5) is 11.1. The monoisotopic (exact) mass is 272 g/mol. The van der Waals surface area contributed by atoms with Gasteiger partial charge in [0.1, 0.15) is 0 Å². The van der Waals surface area contributed by atoms with E-state index in [-0.39, 0.29) is 32.9 Å². The standard InChI is InChI=1S/C7H15INO2/c1-7(2,4-5-8-9)6(10)11-3/h4-5,9H2,1-3H3/q-1. The van der Waals surface area contributed by atoms with Crippen LogP contribution in [0.15, 0.2) is 0 Å². The summed E-state index contributed by atoms with van der Waals surface area (Å²) in [5, 5.41) is 0. The zero-order valence-corrected chi connectivity index (χ0v) is 9.34. The van der Waals surface area contributed by atoms with Crippen LogP contribution >= 0.6 is 0 Å². The van der Waals surface area contributed by atoms with Gasteiger partial charge >= 0.3 is 78.1 Å². The van der Waals surface area contributed by atoms with Crippen LogP contribution in [0.5, 0.6) is 0 Å². The fourth-order valence-electron chi connectivity index (χ4n) is 0.669. The molecule has 0 aliphatic heterocycles. The number of halogens is 1. The summed E-state index contributed by atoms with van der Waals surface area (Å²) >= 11 is -0.197. The van der Waals surface area contributed by atoms with Crippen LogP contribution in [0.25, 0.3) is 0 Å². The second-order valence-corrected chi connectivity index (χ2v) is 4.93. The van der Waals surface area contributed by atoms with Crippen LogP contribution in [0.4, 0.5) is 0 Å². The molecule has 4 heteroatoms. The summed E-state index contributed by atoms with van der Waals surface area (Å²) in [5.41, 5.74) is -0.353. The van der Waals surface area contributed by atoms with Crippen molar-refractivity contribution in [3.05, 3.63) is 0 Å². The third-order valence-electron chi connectivity index (χ3n) is 1.57. The van der Waals surface area contributed by atoms with Crippen molar-refractivity contribution in [2.45, 2.75) is 20.3 Å². The number of methoxy groups -OCH3 is 1. The number of ether oxygens (including phenoxy) is 1. The van der Waals surface area contributed by atoms with Crippen LogP contribution in [0.1, 0.15) is 20.3 Å². The van der Waals surface area contributed by atoms with Crippen molar-refractivity contribution in [2.24, 2.45) is 9.36 Å². The summed E-state index contributed by atoms with van der Waals surface area (Å²) in [6.07, 6.45) is 0.837. The Balaban J connectivity index is 3.88. The summed E-state index contributed by atoms with van der Waals surface area (Å²) < 4.78 is 11.1. The van der Waals surface area contributed by atoms with Gasteiger partial charge in [-0.2, -0.15) is 0 Å². The van der Waals surface area contributed by atoms with Crippen molar-refractivity contribution in [3.63, 3.8) is 0 Å². The molecule has 0 fully saturated rings. The molecule has 0 spiro atoms. The first-order chi connectivity index (χ1) is 5.04. The number of carbonyl (C=O) groups excluding carboxylic acids is 1. The fraction of sp³-hybridized carbons (Fsp3) is 0.857. The molecule has 0 aromatic rings. The molecule has 11 heavy (non-hydrogen) atoms. The van der Waals surface area contributed by atoms with Gasteiger partial charge in [-0.15, -0.1) is 0 Å². The third-order valence-corrected chi connectivity index (χ3v) is 2.73. The maximum absolute atomic E-state index is 11.1. The predicted octanol–water partition coefficient (Wildman–Crippen LogP) is -2.46. The van der Waals surface area contributed by atoms with Crippen LogP contribution in [0.3, 0.4) is 0 Å². The maximum atomic E-state index is 11.1. The van der Waals surface area contributed by atoms with E-state index >= 15 is 0 Å². The van der Waals surface area contributed by atoms with E-state index in [4.69, 9.17) is 3.95 Å². The molecule has 0 amide bonds. The average Bonchev–Trinajstić information content (AvgIpc) is 1.99. The first kappa shape index (κ1) is 11.2. The van der Waals surface area contributed by atoms with Crippen molar-refractivity contribution < 1.29 is 31.0 Å². The number of esters is 1. The SMILES string of the molecule is COC(=O)C(C)(C)CC[I-]N. The molecule has 68 valence electrons. The Morgan fingerprint density at radius 1 is 1.64 bits per heavy atom. The van der Waals surface area contributed by atoms with E-state index in [9.17, 15) is 4.79 Å². The second kappa shape index (κ2) is 4.92. The molecule has 0 radical (unpaired) electrons. The number of hydrogen-bond acceptors (Lipinski definition) is 3. The molecule has 0 saturated heterocycles. The molecule has 0 rings (SSSR count). The number of alkyl halides is 1. The second-order valence-electron chi connectivity index (χ2n) is 2.97. The van der Waals surface area contributed by atoms with Crippen molar-refractivity contribution in [1.29, 1.82) is 0 Å². The number of rotatable bonds is 4. The quantitative estimate of drug-likeness (QED) is 0.267. The zero-order valence-electron chi connectivity index (χ0n) is 7.19. The molecule has 2 N–H and O–H groups in total. The van der Waals surface area contributed by atoms with Gasteiger partial charge in [0.05, 0.1) is 0 Å². The normalized spacial score (nSPS) is 11.6. The van der Waals surface area contributed by atoms with Gasteiger partial charge in [0.15, 0.2) is 0 Å². The summed E-state index contributed by atoms with van der Waals surface area (Å²) in [7, 11) is 1.42. The first-order valence-electron chi connectivity index (χ1n) is 3.41. The van der Waals surface area contributed by atoms with E-state index in [1.165, 1.54) is 7.11 Å². The van der Waals surface area contributed by atoms with E-state index in [0.717, 1.165) is 10.8 Å². The Morgan fingerprint density at radius 2 is 2.18 bits per heavy atom. The van der Waals surface area contributed by atoms with E-state index in [0.29, 0.717) is 0 Å². The minimum absolute atomic E-state index is 0.144. The van der Waals surface area contributed by atoms with Gasteiger partial charge in [-0.25, -0.2) is 0 Å². The Morgan fingerprint density at radius 3 is 2.55 bits per heavy atom. The van der Waals surface area contributed by atoms with E-state index in [2.05, 4.69) is 4.74 Å². The molecule has 0 heterocycles. The van der Waals surface area contributed by atoms with Gasteiger partial charge in [0.25, 0.3) is 0 Å². The van der Waals surface area contributed by atoms with Crippen LogP contribution in [0.2, 0.25) is 0 Å². The van der Waals surface area contributed by atoms with Crippen molar-refractivity contribution in [2.75, 3.05) is 11.5 Å². The molecular formula is C7H15INO2-. The zero-order chi connectivity index (χ0) is 8.91. The Kier molecular flexibility index (Phi) is 4.99. The van der Waals surface area contributed by atoms with E-state index in [1.807, 2.05) is 13.8 Å². The molecule has 0 saturated carbocycles. The molecule has 0 aromatic carbocycles. The third kappa shape index (κ3) is 3.91. The van der Waals surface area contributed by atoms with E-state index in [1.54, 1.807) is 0 Å². The number of nitrogens with two attached hydrogens (primary N) is 1. The Bertz CT molecular complexity index is 136. The van der Waals surface area contributed by atoms with Crippen molar-refractivity contribution in [3.8, 4) is 0 Å². The number of carbonyl (C=O) groups is 1. The van der Waals surface area contributed by atoms with Gasteiger partial charge in [0.2, 0.25) is 0 Å². The molecule has 0 aromatic heterocycles. The Hall–Kier alpha value is 0.160. The molecule has 0 bridgehead atoms. The summed E-state index contributed by atoms with van der Waals surface area (Å²) in [6, 6.07) is 0. The van der Waals surface area contributed by atoms with Crippen LogP contribution in [-0.2, 0) is 9.53 Å². The van der Waals surface area contributed by atoms with Crippen LogP contribution < -0.4 is 25.4 Å². The predicted molar refractivity (Wildman–Crippen MR) is 39.5 cm³/mol. The molecule has 0 unspecified atom stereocenters. The van der Waals surface area contributed by atoms with Gasteiger partial charge in [-0.3, -0.25) is 0 Å². The molecule has 0 aliphatic carbocycles. The van der Waals surface area contributed by atoms with Crippen molar-refractivity contribution >= 4 is 5.97 Å². The van der Waals surface area contributed by atoms with Crippen LogP contribution in [-0.4, -0.2) is 17.5 Å². The summed E-state index contributed by atoms with van der Waals surface area (Å²) in [5.74, 6) is -0.144. The number of hydrogen-bond donors (Lipinski definition) is 1. The summed E-state index contributed by atoms with van der Waals surface area (Å²) in [6.45, 7) is 3.77. The van der Waals surface area contributed by atoms with Gasteiger partial charge in [0, 0.05) is 0 Å². The van der Waals surface area contributed by atoms with E-state index < -0.39 is 0 Å². The van der Waals surface area contributed by atoms with Gasteiger partial charge < -0.3 is 0 Å². The van der Waals surface area contributed by atoms with Crippen molar-refractivity contribution in [1.82, 2.24) is 0 Å². The van der Waals surface area contributed by atoms with Gasteiger partial charge in [-0.1, -0.05) is 0 Å². The fourth-order valence-corrected chi connectivity index (χ4v) is 2.33. The molecule has 0 aliphatic rings. The first-order valence-corrected chi connectivity index (χ1v) is 6.18. The average molecular weight is 272 g/mol. The molecule has 0 atom stereocenters.